The Labute approximate surface area is 191 Å². The third-order valence-electron chi connectivity index (χ3n) is 6.48. The van der Waals surface area contributed by atoms with E-state index in [-0.39, 0.29) is 30.1 Å². The predicted octanol–water partition coefficient (Wildman–Crippen LogP) is 2.51. The SMILES string of the molecule is O=C(Cc1noc2ccccc12)N1CCC2(CC1)CC(=O)N(Cc1ccncc1)C2.O=CO. The first-order valence-electron chi connectivity index (χ1n) is 10.9. The number of hydrogen-bond donors (Lipinski definition) is 1. The van der Waals surface area contributed by atoms with Crippen LogP contribution in [0.1, 0.15) is 30.5 Å². The number of amides is 2. The van der Waals surface area contributed by atoms with Gasteiger partial charge in [0.05, 0.1) is 6.42 Å². The van der Waals surface area contributed by atoms with Crippen LogP contribution < -0.4 is 0 Å². The van der Waals surface area contributed by atoms with Gasteiger partial charge in [0.15, 0.2) is 5.58 Å². The maximum atomic E-state index is 12.8. The van der Waals surface area contributed by atoms with Crippen molar-refractivity contribution in [3.8, 4) is 0 Å². The van der Waals surface area contributed by atoms with Crippen molar-refractivity contribution >= 4 is 29.3 Å². The lowest BCUT2D eigenvalue weighted by Gasteiger charge is -2.38. The molecule has 0 bridgehead atoms. The van der Waals surface area contributed by atoms with E-state index in [0.717, 1.165) is 30.3 Å². The highest BCUT2D eigenvalue weighted by atomic mass is 16.5. The summed E-state index contributed by atoms with van der Waals surface area (Å²) < 4.78 is 5.32. The van der Waals surface area contributed by atoms with E-state index in [1.165, 1.54) is 0 Å². The molecule has 0 unspecified atom stereocenters. The summed E-state index contributed by atoms with van der Waals surface area (Å²) in [5, 5.41) is 11.9. The van der Waals surface area contributed by atoms with Gasteiger partial charge in [-0.1, -0.05) is 17.3 Å². The van der Waals surface area contributed by atoms with Crippen molar-refractivity contribution < 1.29 is 24.0 Å². The molecule has 33 heavy (non-hydrogen) atoms. The maximum absolute atomic E-state index is 12.8. The van der Waals surface area contributed by atoms with Gasteiger partial charge in [-0.2, -0.15) is 0 Å². The second-order valence-electron chi connectivity index (χ2n) is 8.57. The van der Waals surface area contributed by atoms with Gasteiger partial charge in [-0.15, -0.1) is 0 Å². The van der Waals surface area contributed by atoms with E-state index < -0.39 is 0 Å². The van der Waals surface area contributed by atoms with Gasteiger partial charge >= 0.3 is 0 Å². The molecule has 2 aliphatic rings. The third-order valence-corrected chi connectivity index (χ3v) is 6.48. The zero-order chi connectivity index (χ0) is 23.3. The molecule has 2 aromatic heterocycles. The number of nitrogens with zero attached hydrogens (tertiary/aromatic N) is 4. The zero-order valence-electron chi connectivity index (χ0n) is 18.2. The molecule has 9 nitrogen and oxygen atoms in total. The fourth-order valence-electron chi connectivity index (χ4n) is 4.72. The lowest BCUT2D eigenvalue weighted by Crippen LogP contribution is -2.44. The summed E-state index contributed by atoms with van der Waals surface area (Å²) in [4.78, 5) is 41.7. The molecular weight excluding hydrogens is 424 g/mol. The molecule has 0 aliphatic carbocycles. The van der Waals surface area contributed by atoms with Crippen molar-refractivity contribution in [3.05, 3.63) is 60.0 Å². The maximum Gasteiger partial charge on any atom is 0.290 e. The number of piperidine rings is 1. The number of likely N-dealkylation sites (tertiary alicyclic amines) is 2. The highest BCUT2D eigenvalue weighted by Crippen LogP contribution is 2.41. The molecule has 4 heterocycles. The Hall–Kier alpha value is -3.75. The zero-order valence-corrected chi connectivity index (χ0v) is 18.2. The predicted molar refractivity (Wildman–Crippen MR) is 119 cm³/mol. The number of carbonyl (C=O) groups is 3. The van der Waals surface area contributed by atoms with Crippen LogP contribution in [-0.4, -0.2) is 63.0 Å². The molecule has 5 rings (SSSR count). The van der Waals surface area contributed by atoms with E-state index in [1.54, 1.807) is 12.4 Å². The summed E-state index contributed by atoms with van der Waals surface area (Å²) in [7, 11) is 0. The van der Waals surface area contributed by atoms with Crippen LogP contribution in [0.4, 0.5) is 0 Å². The van der Waals surface area contributed by atoms with Crippen molar-refractivity contribution in [1.29, 1.82) is 0 Å². The van der Waals surface area contributed by atoms with Gasteiger partial charge in [-0.05, 0) is 42.7 Å². The van der Waals surface area contributed by atoms with Crippen molar-refractivity contribution in [2.24, 2.45) is 5.41 Å². The number of para-hydroxylation sites is 1. The second-order valence-corrected chi connectivity index (χ2v) is 8.57. The number of fused-ring (bicyclic) bond motifs is 1. The molecular formula is C24H26N4O5. The number of aromatic nitrogens is 2. The summed E-state index contributed by atoms with van der Waals surface area (Å²) in [6, 6.07) is 11.5. The number of pyridine rings is 1. The number of rotatable bonds is 4. The molecule has 2 amide bonds. The first-order valence-corrected chi connectivity index (χ1v) is 10.9. The van der Waals surface area contributed by atoms with E-state index in [4.69, 9.17) is 14.4 Å². The smallest absolute Gasteiger partial charge is 0.290 e. The topological polar surface area (TPSA) is 117 Å². The molecule has 1 N–H and O–H groups in total. The molecule has 2 aliphatic heterocycles. The monoisotopic (exact) mass is 450 g/mol. The van der Waals surface area contributed by atoms with E-state index in [1.807, 2.05) is 46.2 Å². The van der Waals surface area contributed by atoms with Crippen LogP contribution in [0, 0.1) is 5.41 Å². The Morgan fingerprint density at radius 3 is 2.58 bits per heavy atom. The van der Waals surface area contributed by atoms with Crippen LogP contribution in [0.3, 0.4) is 0 Å². The minimum atomic E-state index is -0.250. The molecule has 2 fully saturated rings. The van der Waals surface area contributed by atoms with Gasteiger partial charge in [-0.25, -0.2) is 0 Å². The van der Waals surface area contributed by atoms with Crippen LogP contribution in [-0.2, 0) is 27.3 Å². The standard InChI is InChI=1S/C23H24N4O3.CH2O2/c28-21(13-19-18-3-1-2-4-20(18)30-25-19)26-11-7-23(8-12-26)14-22(29)27(16-23)15-17-5-9-24-10-6-17;2-1-3/h1-6,9-10H,7-8,11-16H2;1H,(H,2,3). The Kier molecular flexibility index (Phi) is 6.67. The Morgan fingerprint density at radius 1 is 1.15 bits per heavy atom. The first-order chi connectivity index (χ1) is 16.0. The van der Waals surface area contributed by atoms with Crippen LogP contribution in [0.15, 0.2) is 53.3 Å². The summed E-state index contributed by atoms with van der Waals surface area (Å²) in [5.74, 6) is 0.280. The van der Waals surface area contributed by atoms with E-state index in [9.17, 15) is 9.59 Å². The second kappa shape index (κ2) is 9.81. The van der Waals surface area contributed by atoms with Gasteiger partial charge in [0.2, 0.25) is 11.8 Å². The number of carbonyl (C=O) groups excluding carboxylic acids is 2. The van der Waals surface area contributed by atoms with Crippen molar-refractivity contribution in [3.63, 3.8) is 0 Å². The highest BCUT2D eigenvalue weighted by molar-refractivity contribution is 5.86. The largest absolute Gasteiger partial charge is 0.483 e. The minimum absolute atomic E-state index is 0.0124. The van der Waals surface area contributed by atoms with Gasteiger partial charge in [0.25, 0.3) is 6.47 Å². The van der Waals surface area contributed by atoms with Crippen LogP contribution in [0.5, 0.6) is 0 Å². The van der Waals surface area contributed by atoms with Crippen LogP contribution in [0.2, 0.25) is 0 Å². The molecule has 1 aromatic carbocycles. The molecule has 0 radical (unpaired) electrons. The van der Waals surface area contributed by atoms with Crippen LogP contribution >= 0.6 is 0 Å². The molecule has 1 spiro atoms. The van der Waals surface area contributed by atoms with Gasteiger partial charge in [0, 0.05) is 55.8 Å². The molecule has 0 atom stereocenters. The van der Waals surface area contributed by atoms with Gasteiger partial charge in [-0.3, -0.25) is 19.4 Å². The van der Waals surface area contributed by atoms with Crippen molar-refractivity contribution in [2.45, 2.75) is 32.2 Å². The molecule has 2 saturated heterocycles. The third kappa shape index (κ3) is 5.02. The lowest BCUT2D eigenvalue weighted by atomic mass is 9.77. The molecule has 172 valence electrons. The first kappa shape index (κ1) is 22.4. The fraction of sp³-hybridized carbons (Fsp3) is 0.375. The van der Waals surface area contributed by atoms with E-state index >= 15 is 0 Å². The summed E-state index contributed by atoms with van der Waals surface area (Å²) >= 11 is 0. The molecule has 9 heteroatoms. The minimum Gasteiger partial charge on any atom is -0.483 e. The van der Waals surface area contributed by atoms with E-state index in [0.29, 0.717) is 37.3 Å². The van der Waals surface area contributed by atoms with Gasteiger partial charge < -0.3 is 19.4 Å². The number of hydrogen-bond acceptors (Lipinski definition) is 6. The summed E-state index contributed by atoms with van der Waals surface area (Å²) in [6.45, 7) is 2.52. The Bertz CT molecular complexity index is 1120. The Balaban J connectivity index is 0.000000821. The van der Waals surface area contributed by atoms with Crippen LogP contribution in [0.25, 0.3) is 11.0 Å². The average molecular weight is 450 g/mol. The number of carboxylic acid groups (broad SMARTS) is 1. The Morgan fingerprint density at radius 2 is 1.85 bits per heavy atom. The van der Waals surface area contributed by atoms with Gasteiger partial charge in [0.1, 0.15) is 5.69 Å². The quantitative estimate of drug-likeness (QED) is 0.607. The fourth-order valence-corrected chi connectivity index (χ4v) is 4.72. The number of benzene rings is 1. The average Bonchev–Trinajstić information content (AvgIpc) is 3.36. The van der Waals surface area contributed by atoms with E-state index in [2.05, 4.69) is 10.1 Å². The molecule has 3 aromatic rings. The normalized spacial score (nSPS) is 17.2. The van der Waals surface area contributed by atoms with Crippen molar-refractivity contribution in [2.75, 3.05) is 19.6 Å². The summed E-state index contributed by atoms with van der Waals surface area (Å²) in [6.07, 6.45) is 6.06. The summed E-state index contributed by atoms with van der Waals surface area (Å²) in [5.41, 5.74) is 2.48. The van der Waals surface area contributed by atoms with Crippen molar-refractivity contribution in [1.82, 2.24) is 19.9 Å². The lowest BCUT2D eigenvalue weighted by molar-refractivity contribution is -0.132. The molecule has 0 saturated carbocycles. The highest BCUT2D eigenvalue weighted by Gasteiger charge is 2.45.